The number of carboxylic acid groups (broad SMARTS) is 3. The van der Waals surface area contributed by atoms with E-state index >= 15 is 0 Å². The summed E-state index contributed by atoms with van der Waals surface area (Å²) in [6.45, 7) is 2.12. The van der Waals surface area contributed by atoms with Crippen LogP contribution in [0.4, 0.5) is 0 Å². The van der Waals surface area contributed by atoms with Gasteiger partial charge in [-0.1, -0.05) is 30.8 Å². The number of hydrogen-bond donors (Lipinski definition) is 5. The molecule has 1 aromatic heterocycles. The second kappa shape index (κ2) is 9.04. The van der Waals surface area contributed by atoms with Crippen molar-refractivity contribution in [3.05, 3.63) is 24.3 Å². The van der Waals surface area contributed by atoms with Gasteiger partial charge in [-0.05, 0) is 17.9 Å². The Morgan fingerprint density at radius 1 is 1.12 bits per heavy atom. The number of H-pyrrole nitrogens is 1. The number of aliphatic carboxylic acids is 3. The fourth-order valence-corrected chi connectivity index (χ4v) is 2.47. The second-order valence-corrected chi connectivity index (χ2v) is 6.22. The maximum absolute atomic E-state index is 10.3. The zero-order valence-corrected chi connectivity index (χ0v) is 14.1. The molecule has 0 atom stereocenters. The maximum Gasteiger partial charge on any atom is 0.336 e. The van der Waals surface area contributed by atoms with Crippen LogP contribution >= 0.6 is 11.8 Å². The van der Waals surface area contributed by atoms with Crippen LogP contribution in [-0.4, -0.2) is 59.7 Å². The van der Waals surface area contributed by atoms with Gasteiger partial charge in [-0.2, -0.15) is 0 Å². The van der Waals surface area contributed by atoms with Gasteiger partial charge in [0, 0.05) is 0 Å². The quantitative estimate of drug-likeness (QED) is 0.454. The molecular formula is C15H18N2O7S. The lowest BCUT2D eigenvalue weighted by Crippen LogP contribution is -2.42. The molecule has 0 amide bonds. The summed E-state index contributed by atoms with van der Waals surface area (Å²) in [5.41, 5.74) is -0.570. The van der Waals surface area contributed by atoms with E-state index in [1.807, 2.05) is 24.3 Å². The third kappa shape index (κ3) is 6.43. The number of fused-ring (bicyclic) bond motifs is 1. The van der Waals surface area contributed by atoms with Gasteiger partial charge in [-0.25, -0.2) is 9.78 Å². The average molecular weight is 370 g/mol. The van der Waals surface area contributed by atoms with E-state index in [-0.39, 0.29) is 0 Å². The van der Waals surface area contributed by atoms with Gasteiger partial charge in [0.25, 0.3) is 0 Å². The standard InChI is InChI=1S/C9H10N2S.C6H8O7/c1-2-12-9-10-7-5-3-4-6-8(7)11-9;7-3(8)1-6(13,5(11)12)2-4(9)10/h3-6H,2H2,1H3,(H,10,11);13H,1-2H2,(H,7,8)(H,9,10)(H,11,12). The first-order chi connectivity index (χ1) is 11.7. The Bertz CT molecular complexity index is 710. The van der Waals surface area contributed by atoms with E-state index in [1.165, 1.54) is 0 Å². The van der Waals surface area contributed by atoms with Crippen LogP contribution in [0.15, 0.2) is 29.4 Å². The van der Waals surface area contributed by atoms with Gasteiger partial charge in [-0.3, -0.25) is 9.59 Å². The number of hydrogen-bond acceptors (Lipinski definition) is 6. The number of imidazole rings is 1. The highest BCUT2D eigenvalue weighted by Gasteiger charge is 2.40. The normalized spacial score (nSPS) is 10.8. The number of aromatic nitrogens is 2. The highest BCUT2D eigenvalue weighted by Crippen LogP contribution is 2.18. The van der Waals surface area contributed by atoms with Gasteiger partial charge in [-0.15, -0.1) is 0 Å². The molecule has 9 nitrogen and oxygen atoms in total. The molecule has 0 radical (unpaired) electrons. The molecule has 25 heavy (non-hydrogen) atoms. The Balaban J connectivity index is 0.000000250. The smallest absolute Gasteiger partial charge is 0.336 e. The molecule has 0 aliphatic rings. The van der Waals surface area contributed by atoms with Crippen molar-refractivity contribution in [3.8, 4) is 0 Å². The molecule has 0 fully saturated rings. The molecule has 5 N–H and O–H groups in total. The van der Waals surface area contributed by atoms with Gasteiger partial charge in [0.2, 0.25) is 0 Å². The van der Waals surface area contributed by atoms with Crippen LogP contribution in [-0.2, 0) is 14.4 Å². The van der Waals surface area contributed by atoms with E-state index in [0.717, 1.165) is 21.9 Å². The van der Waals surface area contributed by atoms with Crippen LogP contribution in [0.1, 0.15) is 19.8 Å². The highest BCUT2D eigenvalue weighted by atomic mass is 32.2. The van der Waals surface area contributed by atoms with Gasteiger partial charge >= 0.3 is 17.9 Å². The summed E-state index contributed by atoms with van der Waals surface area (Å²) in [6.07, 6.45) is -2.29. The fraction of sp³-hybridized carbons (Fsp3) is 0.333. The summed E-state index contributed by atoms with van der Waals surface area (Å²) in [6, 6.07) is 8.08. The molecule has 0 saturated heterocycles. The molecular weight excluding hydrogens is 352 g/mol. The van der Waals surface area contributed by atoms with Gasteiger partial charge in [0.1, 0.15) is 0 Å². The van der Waals surface area contributed by atoms with E-state index in [2.05, 4.69) is 16.9 Å². The summed E-state index contributed by atoms with van der Waals surface area (Å²) < 4.78 is 0. The number of para-hydroxylation sites is 2. The number of carboxylic acids is 3. The SMILES string of the molecule is CCSc1nc2ccccc2[nH]1.O=C(O)CC(O)(CC(=O)O)C(=O)O. The average Bonchev–Trinajstić information content (AvgIpc) is 2.88. The monoisotopic (exact) mass is 370 g/mol. The van der Waals surface area contributed by atoms with E-state index in [1.54, 1.807) is 11.8 Å². The zero-order chi connectivity index (χ0) is 19.0. The van der Waals surface area contributed by atoms with Gasteiger partial charge in [0.15, 0.2) is 10.8 Å². The molecule has 136 valence electrons. The van der Waals surface area contributed by atoms with Crippen molar-refractivity contribution in [2.45, 2.75) is 30.5 Å². The Morgan fingerprint density at radius 2 is 1.68 bits per heavy atom. The van der Waals surface area contributed by atoms with Gasteiger partial charge in [0.05, 0.1) is 23.9 Å². The third-order valence-electron chi connectivity index (χ3n) is 2.93. The first-order valence-electron chi connectivity index (χ1n) is 7.15. The predicted octanol–water partition coefficient (Wildman–Crippen LogP) is 1.43. The van der Waals surface area contributed by atoms with Crippen LogP contribution in [0.3, 0.4) is 0 Å². The van der Waals surface area contributed by atoms with Crippen LogP contribution in [0, 0.1) is 0 Å². The van der Waals surface area contributed by atoms with E-state index < -0.39 is 36.4 Å². The third-order valence-corrected chi connectivity index (χ3v) is 3.69. The van der Waals surface area contributed by atoms with E-state index in [0.29, 0.717) is 0 Å². The van der Waals surface area contributed by atoms with Crippen molar-refractivity contribution in [3.63, 3.8) is 0 Å². The molecule has 0 unspecified atom stereocenters. The van der Waals surface area contributed by atoms with Gasteiger partial charge < -0.3 is 25.4 Å². The molecule has 0 aliphatic carbocycles. The van der Waals surface area contributed by atoms with Crippen LogP contribution in [0.2, 0.25) is 0 Å². The minimum atomic E-state index is -2.74. The lowest BCUT2D eigenvalue weighted by Gasteiger charge is -2.18. The summed E-state index contributed by atoms with van der Waals surface area (Å²) >= 11 is 1.73. The number of aliphatic hydroxyl groups is 1. The summed E-state index contributed by atoms with van der Waals surface area (Å²) in [5, 5.41) is 34.8. The minimum Gasteiger partial charge on any atom is -0.481 e. The Hall–Kier alpha value is -2.59. The van der Waals surface area contributed by atoms with Crippen molar-refractivity contribution in [1.82, 2.24) is 9.97 Å². The van der Waals surface area contributed by atoms with Crippen LogP contribution in [0.5, 0.6) is 0 Å². The summed E-state index contributed by atoms with van der Waals surface area (Å²) in [5.74, 6) is -3.96. The Kier molecular flexibility index (Phi) is 7.40. The minimum absolute atomic E-state index is 1.01. The number of thioether (sulfide) groups is 1. The number of carbonyl (C=O) groups is 3. The number of rotatable bonds is 7. The molecule has 1 heterocycles. The first kappa shape index (κ1) is 20.5. The summed E-state index contributed by atoms with van der Waals surface area (Å²) in [7, 11) is 0. The first-order valence-corrected chi connectivity index (χ1v) is 8.13. The van der Waals surface area contributed by atoms with Crippen LogP contribution in [0.25, 0.3) is 11.0 Å². The predicted molar refractivity (Wildman–Crippen MR) is 89.6 cm³/mol. The van der Waals surface area contributed by atoms with Crippen molar-refractivity contribution in [2.75, 3.05) is 5.75 Å². The lowest BCUT2D eigenvalue weighted by molar-refractivity contribution is -0.170. The Labute approximate surface area is 146 Å². The topological polar surface area (TPSA) is 161 Å². The number of nitrogens with one attached hydrogen (secondary N) is 1. The molecule has 1 aromatic carbocycles. The molecule has 0 aliphatic heterocycles. The van der Waals surface area contributed by atoms with E-state index in [9.17, 15) is 14.4 Å². The van der Waals surface area contributed by atoms with Crippen molar-refractivity contribution in [1.29, 1.82) is 0 Å². The number of nitrogens with zero attached hydrogens (tertiary/aromatic N) is 1. The van der Waals surface area contributed by atoms with E-state index in [4.69, 9.17) is 20.4 Å². The van der Waals surface area contributed by atoms with Crippen LogP contribution < -0.4 is 0 Å². The van der Waals surface area contributed by atoms with Crippen molar-refractivity contribution < 1.29 is 34.8 Å². The molecule has 10 heteroatoms. The largest absolute Gasteiger partial charge is 0.481 e. The second-order valence-electron chi connectivity index (χ2n) is 4.97. The zero-order valence-electron chi connectivity index (χ0n) is 13.3. The fourth-order valence-electron chi connectivity index (χ4n) is 1.85. The van der Waals surface area contributed by atoms with Crippen molar-refractivity contribution in [2.24, 2.45) is 0 Å². The van der Waals surface area contributed by atoms with Crippen molar-refractivity contribution >= 4 is 40.7 Å². The molecule has 2 rings (SSSR count). The molecule has 0 spiro atoms. The molecule has 0 bridgehead atoms. The lowest BCUT2D eigenvalue weighted by atomic mass is 9.96. The molecule has 2 aromatic rings. The Morgan fingerprint density at radius 3 is 2.12 bits per heavy atom. The maximum atomic E-state index is 10.3. The number of aromatic amines is 1. The summed E-state index contributed by atoms with van der Waals surface area (Å²) in [4.78, 5) is 38.1. The molecule has 0 saturated carbocycles. The number of benzene rings is 1. The highest BCUT2D eigenvalue weighted by molar-refractivity contribution is 7.99.